The molecule has 0 aromatic carbocycles. The second-order valence-electron chi connectivity index (χ2n) is 4.72. The normalized spacial score (nSPS) is 32.3. The monoisotopic (exact) mass is 196 g/mol. The van der Waals surface area contributed by atoms with Gasteiger partial charge in [0.05, 0.1) is 6.04 Å². The maximum atomic E-state index is 11.9. The Morgan fingerprint density at radius 3 is 2.86 bits per heavy atom. The van der Waals surface area contributed by atoms with E-state index in [1.165, 1.54) is 19.3 Å². The van der Waals surface area contributed by atoms with Crippen molar-refractivity contribution in [1.82, 2.24) is 4.90 Å². The second-order valence-corrected chi connectivity index (χ2v) is 4.72. The van der Waals surface area contributed by atoms with Crippen LogP contribution < -0.4 is 5.73 Å². The van der Waals surface area contributed by atoms with Crippen LogP contribution >= 0.6 is 0 Å². The van der Waals surface area contributed by atoms with E-state index in [2.05, 4.69) is 6.92 Å². The third-order valence-corrected chi connectivity index (χ3v) is 3.61. The van der Waals surface area contributed by atoms with Crippen molar-refractivity contribution in [3.63, 3.8) is 0 Å². The first-order valence-electron chi connectivity index (χ1n) is 5.78. The Balaban J connectivity index is 1.92. The van der Waals surface area contributed by atoms with Gasteiger partial charge in [0.15, 0.2) is 0 Å². The number of nitrogens with two attached hydrogens (primary N) is 1. The standard InChI is InChI=1S/C11H20N2O/c1-2-3-10(12)11(14)13-7-8-4-5-9(13)6-8/h8-10H,2-7,12H2,1H3. The van der Waals surface area contributed by atoms with Crippen LogP contribution in [-0.2, 0) is 4.79 Å². The van der Waals surface area contributed by atoms with E-state index in [0.29, 0.717) is 6.04 Å². The summed E-state index contributed by atoms with van der Waals surface area (Å²) in [7, 11) is 0. The van der Waals surface area contributed by atoms with Gasteiger partial charge in [-0.15, -0.1) is 0 Å². The third kappa shape index (κ3) is 1.65. The average molecular weight is 196 g/mol. The SMILES string of the molecule is CCCC(N)C(=O)N1CC2CCC1C2. The molecule has 2 aliphatic rings. The average Bonchev–Trinajstić information content (AvgIpc) is 2.77. The molecule has 1 aliphatic heterocycles. The number of hydrogen-bond donors (Lipinski definition) is 1. The number of rotatable bonds is 3. The molecule has 14 heavy (non-hydrogen) atoms. The zero-order valence-corrected chi connectivity index (χ0v) is 8.91. The predicted octanol–water partition coefficient (Wildman–Crippen LogP) is 1.12. The van der Waals surface area contributed by atoms with Gasteiger partial charge in [-0.3, -0.25) is 4.79 Å². The van der Waals surface area contributed by atoms with E-state index in [9.17, 15) is 4.79 Å². The zero-order chi connectivity index (χ0) is 10.1. The first kappa shape index (κ1) is 9.97. The lowest BCUT2D eigenvalue weighted by Gasteiger charge is -2.29. The van der Waals surface area contributed by atoms with E-state index < -0.39 is 0 Å². The summed E-state index contributed by atoms with van der Waals surface area (Å²) >= 11 is 0. The fourth-order valence-corrected chi connectivity index (χ4v) is 2.84. The fourth-order valence-electron chi connectivity index (χ4n) is 2.84. The van der Waals surface area contributed by atoms with Crippen molar-refractivity contribution in [2.24, 2.45) is 11.7 Å². The minimum Gasteiger partial charge on any atom is -0.338 e. The Morgan fingerprint density at radius 2 is 2.36 bits per heavy atom. The fraction of sp³-hybridized carbons (Fsp3) is 0.909. The topological polar surface area (TPSA) is 46.3 Å². The van der Waals surface area contributed by atoms with Gasteiger partial charge in [-0.1, -0.05) is 13.3 Å². The zero-order valence-electron chi connectivity index (χ0n) is 8.91. The molecule has 0 aromatic heterocycles. The Bertz CT molecular complexity index is 229. The summed E-state index contributed by atoms with van der Waals surface area (Å²) in [4.78, 5) is 14.0. The van der Waals surface area contributed by atoms with Crippen LogP contribution in [0.3, 0.4) is 0 Å². The van der Waals surface area contributed by atoms with E-state index in [1.54, 1.807) is 0 Å². The maximum absolute atomic E-state index is 11.9. The Kier molecular flexibility index (Phi) is 2.77. The number of piperidine rings is 1. The van der Waals surface area contributed by atoms with Crippen LogP contribution in [0.5, 0.6) is 0 Å². The number of hydrogen-bond acceptors (Lipinski definition) is 2. The van der Waals surface area contributed by atoms with Gasteiger partial charge < -0.3 is 10.6 Å². The first-order valence-corrected chi connectivity index (χ1v) is 5.78. The van der Waals surface area contributed by atoms with Crippen LogP contribution in [0.1, 0.15) is 39.0 Å². The Labute approximate surface area is 85.6 Å². The van der Waals surface area contributed by atoms with Crippen LogP contribution in [0, 0.1) is 5.92 Å². The number of likely N-dealkylation sites (tertiary alicyclic amines) is 1. The molecular formula is C11H20N2O. The van der Waals surface area contributed by atoms with Crippen LogP contribution in [0.4, 0.5) is 0 Å². The molecule has 2 bridgehead atoms. The van der Waals surface area contributed by atoms with Gasteiger partial charge in [0, 0.05) is 12.6 Å². The maximum Gasteiger partial charge on any atom is 0.239 e. The van der Waals surface area contributed by atoms with Crippen molar-refractivity contribution in [3.05, 3.63) is 0 Å². The summed E-state index contributed by atoms with van der Waals surface area (Å²) in [5, 5.41) is 0. The van der Waals surface area contributed by atoms with Crippen molar-refractivity contribution in [2.75, 3.05) is 6.54 Å². The molecule has 1 amide bonds. The first-order chi connectivity index (χ1) is 6.72. The summed E-state index contributed by atoms with van der Waals surface area (Å²) in [6.07, 6.45) is 5.57. The van der Waals surface area contributed by atoms with E-state index in [0.717, 1.165) is 25.3 Å². The molecule has 80 valence electrons. The van der Waals surface area contributed by atoms with Gasteiger partial charge >= 0.3 is 0 Å². The van der Waals surface area contributed by atoms with E-state index in [1.807, 2.05) is 4.90 Å². The van der Waals surface area contributed by atoms with Crippen molar-refractivity contribution in [2.45, 2.75) is 51.1 Å². The van der Waals surface area contributed by atoms with Crippen molar-refractivity contribution >= 4 is 5.91 Å². The summed E-state index contributed by atoms with van der Waals surface area (Å²) < 4.78 is 0. The summed E-state index contributed by atoms with van der Waals surface area (Å²) in [6.45, 7) is 3.05. The highest BCUT2D eigenvalue weighted by Crippen LogP contribution is 2.37. The van der Waals surface area contributed by atoms with E-state index in [-0.39, 0.29) is 11.9 Å². The lowest BCUT2D eigenvalue weighted by molar-refractivity contribution is -0.134. The van der Waals surface area contributed by atoms with Crippen molar-refractivity contribution in [3.8, 4) is 0 Å². The molecule has 0 aromatic rings. The second kappa shape index (κ2) is 3.89. The largest absolute Gasteiger partial charge is 0.338 e. The molecule has 1 saturated carbocycles. The quantitative estimate of drug-likeness (QED) is 0.735. The van der Waals surface area contributed by atoms with Gasteiger partial charge in [0.2, 0.25) is 5.91 Å². The predicted molar refractivity (Wildman–Crippen MR) is 55.7 cm³/mol. The number of amides is 1. The van der Waals surface area contributed by atoms with Gasteiger partial charge in [0.1, 0.15) is 0 Å². The summed E-state index contributed by atoms with van der Waals surface area (Å²) in [5.41, 5.74) is 5.85. The molecule has 3 heteroatoms. The summed E-state index contributed by atoms with van der Waals surface area (Å²) in [6, 6.07) is 0.273. The third-order valence-electron chi connectivity index (χ3n) is 3.61. The molecule has 0 spiro atoms. The lowest BCUT2D eigenvalue weighted by atomic mass is 10.1. The van der Waals surface area contributed by atoms with Gasteiger partial charge in [-0.05, 0) is 31.6 Å². The molecule has 3 unspecified atom stereocenters. The van der Waals surface area contributed by atoms with Crippen molar-refractivity contribution in [1.29, 1.82) is 0 Å². The molecule has 1 heterocycles. The minimum atomic E-state index is -0.251. The molecule has 3 atom stereocenters. The smallest absolute Gasteiger partial charge is 0.239 e. The Morgan fingerprint density at radius 1 is 1.57 bits per heavy atom. The van der Waals surface area contributed by atoms with Crippen molar-refractivity contribution < 1.29 is 4.79 Å². The number of fused-ring (bicyclic) bond motifs is 2. The molecule has 0 radical (unpaired) electrons. The molecular weight excluding hydrogens is 176 g/mol. The number of carbonyl (C=O) groups is 1. The van der Waals surface area contributed by atoms with Gasteiger partial charge in [-0.25, -0.2) is 0 Å². The molecule has 1 aliphatic carbocycles. The molecule has 1 saturated heterocycles. The number of nitrogens with zero attached hydrogens (tertiary/aromatic N) is 1. The van der Waals surface area contributed by atoms with Gasteiger partial charge in [0.25, 0.3) is 0 Å². The van der Waals surface area contributed by atoms with E-state index >= 15 is 0 Å². The number of carbonyl (C=O) groups excluding carboxylic acids is 1. The van der Waals surface area contributed by atoms with Crippen LogP contribution in [-0.4, -0.2) is 29.4 Å². The molecule has 2 rings (SSSR count). The summed E-state index contributed by atoms with van der Waals surface area (Å²) in [5.74, 6) is 0.969. The van der Waals surface area contributed by atoms with Gasteiger partial charge in [-0.2, -0.15) is 0 Å². The van der Waals surface area contributed by atoms with Crippen LogP contribution in [0.25, 0.3) is 0 Å². The van der Waals surface area contributed by atoms with Crippen LogP contribution in [0.2, 0.25) is 0 Å². The minimum absolute atomic E-state index is 0.194. The van der Waals surface area contributed by atoms with Crippen LogP contribution in [0.15, 0.2) is 0 Å². The Hall–Kier alpha value is -0.570. The van der Waals surface area contributed by atoms with E-state index in [4.69, 9.17) is 5.73 Å². The highest BCUT2D eigenvalue weighted by atomic mass is 16.2. The highest BCUT2D eigenvalue weighted by Gasteiger charge is 2.41. The molecule has 2 N–H and O–H groups in total. The molecule has 3 nitrogen and oxygen atoms in total. The lowest BCUT2D eigenvalue weighted by Crippen LogP contribution is -2.47. The molecule has 2 fully saturated rings. The highest BCUT2D eigenvalue weighted by molar-refractivity contribution is 5.82.